The van der Waals surface area contributed by atoms with Crippen LogP contribution in [0.1, 0.15) is 41.9 Å². The smallest absolute Gasteiger partial charge is 0.220 e. The van der Waals surface area contributed by atoms with E-state index in [1.165, 1.54) is 23.1 Å². The van der Waals surface area contributed by atoms with Gasteiger partial charge < -0.3 is 9.84 Å². The van der Waals surface area contributed by atoms with E-state index in [-0.39, 0.29) is 11.9 Å². The molecule has 2 rings (SSSR count). The van der Waals surface area contributed by atoms with Crippen LogP contribution in [0.2, 0.25) is 0 Å². The van der Waals surface area contributed by atoms with Crippen LogP contribution in [0.4, 0.5) is 0 Å². The number of benzene rings is 1. The number of hydrogen-bond acceptors (Lipinski definition) is 4. The van der Waals surface area contributed by atoms with Gasteiger partial charge in [-0.05, 0) is 32.8 Å². The molecule has 0 saturated heterocycles. The Bertz CT molecular complexity index is 559. The van der Waals surface area contributed by atoms with Crippen molar-refractivity contribution in [1.82, 2.24) is 15.5 Å². The average Bonchev–Trinajstić information content (AvgIpc) is 2.89. The molecule has 1 aromatic carbocycles. The zero-order valence-corrected chi connectivity index (χ0v) is 12.0. The summed E-state index contributed by atoms with van der Waals surface area (Å²) in [6, 6.07) is 6.12. The molecule has 0 aliphatic rings. The number of carbonyl (C=O) groups excluding carboxylic acids is 1. The minimum atomic E-state index is -0.236. The lowest BCUT2D eigenvalue weighted by atomic mass is 10.0. The van der Waals surface area contributed by atoms with E-state index in [1.807, 2.05) is 6.92 Å². The van der Waals surface area contributed by atoms with Gasteiger partial charge in [0.05, 0.1) is 6.04 Å². The van der Waals surface area contributed by atoms with E-state index in [0.717, 1.165) is 6.42 Å². The molecule has 0 unspecified atom stereocenters. The van der Waals surface area contributed by atoms with Crippen LogP contribution >= 0.6 is 0 Å². The molecule has 0 spiro atoms. The largest absolute Gasteiger partial charge is 0.346 e. The first-order chi connectivity index (χ1) is 9.54. The molecule has 0 fully saturated rings. The van der Waals surface area contributed by atoms with E-state index in [9.17, 15) is 4.79 Å². The maximum Gasteiger partial charge on any atom is 0.220 e. The third kappa shape index (κ3) is 3.91. The zero-order chi connectivity index (χ0) is 14.5. The number of aryl methyl sites for hydroxylation is 3. The second kappa shape index (κ2) is 6.32. The van der Waals surface area contributed by atoms with Gasteiger partial charge in [-0.25, -0.2) is 0 Å². The Morgan fingerprint density at radius 3 is 2.60 bits per heavy atom. The van der Waals surface area contributed by atoms with Gasteiger partial charge in [-0.3, -0.25) is 4.79 Å². The molecule has 5 heteroatoms. The van der Waals surface area contributed by atoms with Crippen LogP contribution < -0.4 is 5.32 Å². The Balaban J connectivity index is 1.86. The molecule has 0 radical (unpaired) electrons. The van der Waals surface area contributed by atoms with Crippen molar-refractivity contribution >= 4 is 5.91 Å². The summed E-state index contributed by atoms with van der Waals surface area (Å²) in [7, 11) is 0. The minimum absolute atomic E-state index is 0.0125. The fourth-order valence-corrected chi connectivity index (χ4v) is 2.22. The van der Waals surface area contributed by atoms with Gasteiger partial charge in [0.2, 0.25) is 12.3 Å². The summed E-state index contributed by atoms with van der Waals surface area (Å²) in [5, 5.41) is 6.57. The summed E-state index contributed by atoms with van der Waals surface area (Å²) in [4.78, 5) is 15.8. The van der Waals surface area contributed by atoms with E-state index < -0.39 is 0 Å². The Labute approximate surface area is 118 Å². The number of nitrogens with zero attached hydrogens (tertiary/aromatic N) is 2. The van der Waals surface area contributed by atoms with E-state index in [2.05, 4.69) is 52.0 Å². The molecular weight excluding hydrogens is 254 g/mol. The Morgan fingerprint density at radius 1 is 1.30 bits per heavy atom. The normalized spacial score (nSPS) is 12.2. The SMILES string of the molecule is Cc1cc(C)cc(CCC(=O)N[C@H](C)c2ncon2)c1. The first-order valence-corrected chi connectivity index (χ1v) is 6.67. The van der Waals surface area contributed by atoms with Gasteiger partial charge in [0.15, 0.2) is 5.82 Å². The van der Waals surface area contributed by atoms with Gasteiger partial charge in [-0.2, -0.15) is 4.98 Å². The Kier molecular flexibility index (Phi) is 4.50. The topological polar surface area (TPSA) is 68.0 Å². The van der Waals surface area contributed by atoms with Gasteiger partial charge in [0, 0.05) is 6.42 Å². The first kappa shape index (κ1) is 14.2. The van der Waals surface area contributed by atoms with E-state index in [1.54, 1.807) is 0 Å². The molecule has 0 aliphatic carbocycles. The Hall–Kier alpha value is -2.17. The predicted octanol–water partition coefficient (Wildman–Crippen LogP) is 2.50. The number of rotatable bonds is 5. The van der Waals surface area contributed by atoms with Gasteiger partial charge in [-0.15, -0.1) is 0 Å². The average molecular weight is 273 g/mol. The number of carbonyl (C=O) groups is 1. The second-order valence-electron chi connectivity index (χ2n) is 5.07. The Morgan fingerprint density at radius 2 is 2.00 bits per heavy atom. The van der Waals surface area contributed by atoms with Crippen LogP contribution in [0.3, 0.4) is 0 Å². The van der Waals surface area contributed by atoms with Crippen LogP contribution in [-0.2, 0) is 11.2 Å². The maximum atomic E-state index is 11.9. The van der Waals surface area contributed by atoms with Gasteiger partial charge >= 0.3 is 0 Å². The summed E-state index contributed by atoms with van der Waals surface area (Å²) < 4.78 is 4.66. The molecule has 0 saturated carbocycles. The van der Waals surface area contributed by atoms with Gasteiger partial charge in [-0.1, -0.05) is 34.5 Å². The molecule has 1 heterocycles. The highest BCUT2D eigenvalue weighted by molar-refractivity contribution is 5.76. The van der Waals surface area contributed by atoms with Crippen molar-refractivity contribution in [3.8, 4) is 0 Å². The number of aromatic nitrogens is 2. The lowest BCUT2D eigenvalue weighted by Gasteiger charge is -2.10. The second-order valence-corrected chi connectivity index (χ2v) is 5.07. The van der Waals surface area contributed by atoms with Crippen molar-refractivity contribution in [3.05, 3.63) is 47.1 Å². The van der Waals surface area contributed by atoms with Gasteiger partial charge in [0.25, 0.3) is 0 Å². The summed E-state index contributed by atoms with van der Waals surface area (Å²) >= 11 is 0. The predicted molar refractivity (Wildman–Crippen MR) is 75.1 cm³/mol. The zero-order valence-electron chi connectivity index (χ0n) is 12.0. The van der Waals surface area contributed by atoms with Crippen molar-refractivity contribution in [2.45, 2.75) is 39.7 Å². The highest BCUT2D eigenvalue weighted by atomic mass is 16.5. The van der Waals surface area contributed by atoms with E-state index >= 15 is 0 Å². The monoisotopic (exact) mass is 273 g/mol. The minimum Gasteiger partial charge on any atom is -0.346 e. The molecule has 0 bridgehead atoms. The number of amides is 1. The molecule has 2 aromatic rings. The molecular formula is C15H19N3O2. The molecule has 1 aromatic heterocycles. The molecule has 5 nitrogen and oxygen atoms in total. The van der Waals surface area contributed by atoms with Crippen LogP contribution in [-0.4, -0.2) is 16.0 Å². The summed E-state index contributed by atoms with van der Waals surface area (Å²) in [5.74, 6) is 0.478. The van der Waals surface area contributed by atoms with Crippen molar-refractivity contribution < 1.29 is 9.32 Å². The fourth-order valence-electron chi connectivity index (χ4n) is 2.22. The standard InChI is InChI=1S/C15H19N3O2/c1-10-6-11(2)8-13(7-10)4-5-14(19)17-12(3)15-16-9-20-18-15/h6-9,12H,4-5H2,1-3H3,(H,17,19)/t12-/m1/s1. The van der Waals surface area contributed by atoms with Crippen molar-refractivity contribution in [2.75, 3.05) is 0 Å². The van der Waals surface area contributed by atoms with Crippen molar-refractivity contribution in [3.63, 3.8) is 0 Å². The van der Waals surface area contributed by atoms with Crippen LogP contribution in [0.5, 0.6) is 0 Å². The molecule has 1 atom stereocenters. The molecule has 1 N–H and O–H groups in total. The van der Waals surface area contributed by atoms with Crippen molar-refractivity contribution in [1.29, 1.82) is 0 Å². The molecule has 20 heavy (non-hydrogen) atoms. The van der Waals surface area contributed by atoms with Crippen LogP contribution in [0, 0.1) is 13.8 Å². The fraction of sp³-hybridized carbons (Fsp3) is 0.400. The maximum absolute atomic E-state index is 11.9. The highest BCUT2D eigenvalue weighted by Gasteiger charge is 2.13. The number of hydrogen-bond donors (Lipinski definition) is 1. The molecule has 1 amide bonds. The summed E-state index contributed by atoms with van der Waals surface area (Å²) in [5.41, 5.74) is 3.63. The van der Waals surface area contributed by atoms with Crippen LogP contribution in [0.15, 0.2) is 29.1 Å². The lowest BCUT2D eigenvalue weighted by Crippen LogP contribution is -2.27. The highest BCUT2D eigenvalue weighted by Crippen LogP contribution is 2.11. The third-order valence-corrected chi connectivity index (χ3v) is 3.07. The van der Waals surface area contributed by atoms with Gasteiger partial charge in [0.1, 0.15) is 0 Å². The van der Waals surface area contributed by atoms with Crippen molar-refractivity contribution in [2.24, 2.45) is 0 Å². The van der Waals surface area contributed by atoms with E-state index in [0.29, 0.717) is 12.2 Å². The summed E-state index contributed by atoms with van der Waals surface area (Å²) in [6.07, 6.45) is 2.44. The third-order valence-electron chi connectivity index (χ3n) is 3.07. The molecule has 0 aliphatic heterocycles. The summed E-state index contributed by atoms with van der Waals surface area (Å²) in [6.45, 7) is 5.96. The molecule has 106 valence electrons. The van der Waals surface area contributed by atoms with E-state index in [4.69, 9.17) is 0 Å². The quantitative estimate of drug-likeness (QED) is 0.908. The van der Waals surface area contributed by atoms with Crippen LogP contribution in [0.25, 0.3) is 0 Å². The lowest BCUT2D eigenvalue weighted by molar-refractivity contribution is -0.121. The number of nitrogens with one attached hydrogen (secondary N) is 1. The first-order valence-electron chi connectivity index (χ1n) is 6.67.